The van der Waals surface area contributed by atoms with Gasteiger partial charge in [0.2, 0.25) is 0 Å². The van der Waals surface area contributed by atoms with Crippen molar-refractivity contribution in [3.05, 3.63) is 0 Å². The Kier molecular flexibility index (Phi) is 0.414. The molecule has 1 saturated heterocycles. The molecule has 4 heteroatoms. The fourth-order valence-corrected chi connectivity index (χ4v) is 1.34. The summed E-state index contributed by atoms with van der Waals surface area (Å²) in [6, 6.07) is 0. The van der Waals surface area contributed by atoms with Gasteiger partial charge in [-0.05, 0) is 0 Å². The molecule has 3 heterocycles. The Morgan fingerprint density at radius 2 is 1.56 bits per heavy atom. The fraction of sp³-hybridized carbons (Fsp3) is 0.600. The summed E-state index contributed by atoms with van der Waals surface area (Å²) in [5.74, 6) is 2.22. The summed E-state index contributed by atoms with van der Waals surface area (Å²) < 4.78 is 0. The van der Waals surface area contributed by atoms with Gasteiger partial charge in [-0.1, -0.05) is 0 Å². The second-order valence-corrected chi connectivity index (χ2v) is 2.47. The number of rotatable bonds is 0. The molecular formula is C5H6N4. The van der Waals surface area contributed by atoms with Gasteiger partial charge in [-0.15, -0.1) is 0 Å². The molecule has 46 valence electrons. The number of aliphatic imine (C=N–C) groups is 2. The zero-order valence-corrected chi connectivity index (χ0v) is 4.91. The number of nitrogens with zero attached hydrogens (tertiary/aromatic N) is 4. The first-order valence-corrected chi connectivity index (χ1v) is 3.04. The van der Waals surface area contributed by atoms with E-state index in [4.69, 9.17) is 0 Å². The molecule has 3 rings (SSSR count). The lowest BCUT2D eigenvalue weighted by Crippen LogP contribution is -2.39. The Balaban J connectivity index is 2.14. The minimum absolute atomic E-state index is 0.880. The number of hydrogen-bond acceptors (Lipinski definition) is 4. The van der Waals surface area contributed by atoms with Gasteiger partial charge in [0.25, 0.3) is 0 Å². The van der Waals surface area contributed by atoms with Crippen LogP contribution in [0.1, 0.15) is 0 Å². The minimum atomic E-state index is 0.880. The van der Waals surface area contributed by atoms with Crippen LogP contribution < -0.4 is 0 Å². The van der Waals surface area contributed by atoms with Gasteiger partial charge in [0.15, 0.2) is 11.7 Å². The van der Waals surface area contributed by atoms with E-state index < -0.39 is 0 Å². The van der Waals surface area contributed by atoms with Gasteiger partial charge in [0.05, 0.1) is 6.67 Å². The van der Waals surface area contributed by atoms with Crippen LogP contribution in [0.5, 0.6) is 0 Å². The Bertz CT molecular complexity index is 205. The Labute approximate surface area is 52.5 Å². The molecule has 0 bridgehead atoms. The minimum Gasteiger partial charge on any atom is -0.316 e. The third-order valence-electron chi connectivity index (χ3n) is 1.92. The SMILES string of the molecule is C1N=C2C3=NCN3CN12. The summed E-state index contributed by atoms with van der Waals surface area (Å²) in [5.41, 5.74) is 0. The van der Waals surface area contributed by atoms with Gasteiger partial charge in [-0.3, -0.25) is 0 Å². The molecule has 0 aliphatic carbocycles. The van der Waals surface area contributed by atoms with E-state index in [1.165, 1.54) is 0 Å². The van der Waals surface area contributed by atoms with E-state index in [1.54, 1.807) is 0 Å². The van der Waals surface area contributed by atoms with Crippen LogP contribution in [-0.4, -0.2) is 41.5 Å². The highest BCUT2D eigenvalue weighted by Crippen LogP contribution is 2.22. The fourth-order valence-electron chi connectivity index (χ4n) is 1.34. The van der Waals surface area contributed by atoms with Crippen molar-refractivity contribution in [1.82, 2.24) is 9.80 Å². The summed E-state index contributed by atoms with van der Waals surface area (Å²) in [6.07, 6.45) is 0. The van der Waals surface area contributed by atoms with Crippen LogP contribution in [0.2, 0.25) is 0 Å². The predicted octanol–water partition coefficient (Wildman–Crippen LogP) is -0.699. The van der Waals surface area contributed by atoms with E-state index >= 15 is 0 Å². The molecule has 0 aromatic heterocycles. The highest BCUT2D eigenvalue weighted by molar-refractivity contribution is 6.44. The van der Waals surface area contributed by atoms with Crippen molar-refractivity contribution in [1.29, 1.82) is 0 Å². The maximum atomic E-state index is 4.18. The van der Waals surface area contributed by atoms with E-state index in [2.05, 4.69) is 19.8 Å². The Morgan fingerprint density at radius 1 is 1.00 bits per heavy atom. The summed E-state index contributed by atoms with van der Waals surface area (Å²) in [4.78, 5) is 12.8. The van der Waals surface area contributed by atoms with Gasteiger partial charge in [-0.2, -0.15) is 0 Å². The van der Waals surface area contributed by atoms with Crippen LogP contribution in [0.3, 0.4) is 0 Å². The smallest absolute Gasteiger partial charge is 0.171 e. The van der Waals surface area contributed by atoms with Crippen molar-refractivity contribution in [2.45, 2.75) is 0 Å². The van der Waals surface area contributed by atoms with Crippen molar-refractivity contribution in [2.24, 2.45) is 9.98 Å². The van der Waals surface area contributed by atoms with E-state index in [-0.39, 0.29) is 0 Å². The molecule has 4 nitrogen and oxygen atoms in total. The Hall–Kier alpha value is -1.06. The van der Waals surface area contributed by atoms with Gasteiger partial charge in [-0.25, -0.2) is 9.98 Å². The molecule has 9 heavy (non-hydrogen) atoms. The van der Waals surface area contributed by atoms with Crippen LogP contribution in [0.25, 0.3) is 0 Å². The first-order valence-electron chi connectivity index (χ1n) is 3.04. The average Bonchev–Trinajstić information content (AvgIpc) is 1.88. The van der Waals surface area contributed by atoms with Crippen LogP contribution in [0.4, 0.5) is 0 Å². The molecule has 1 fully saturated rings. The van der Waals surface area contributed by atoms with Gasteiger partial charge in [0, 0.05) is 0 Å². The molecule has 0 aromatic carbocycles. The lowest BCUT2D eigenvalue weighted by Gasteiger charge is -2.21. The molecule has 0 spiro atoms. The first kappa shape index (κ1) is 3.87. The molecule has 0 saturated carbocycles. The zero-order valence-electron chi connectivity index (χ0n) is 4.91. The summed E-state index contributed by atoms with van der Waals surface area (Å²) in [5, 5.41) is 0. The average molecular weight is 122 g/mol. The van der Waals surface area contributed by atoms with Crippen molar-refractivity contribution in [3.8, 4) is 0 Å². The molecule has 0 N–H and O–H groups in total. The second-order valence-electron chi connectivity index (χ2n) is 2.47. The highest BCUT2D eigenvalue weighted by Gasteiger charge is 2.40. The molecule has 3 aliphatic rings. The summed E-state index contributed by atoms with van der Waals surface area (Å²) in [7, 11) is 0. The third-order valence-corrected chi connectivity index (χ3v) is 1.92. The van der Waals surface area contributed by atoms with Crippen LogP contribution in [-0.2, 0) is 0 Å². The second kappa shape index (κ2) is 0.964. The predicted molar refractivity (Wildman–Crippen MR) is 33.1 cm³/mol. The standard InChI is InChI=1S/C5H6N4/c1-6-4-5-7-2-9(5)3-8(1)4/h1-3H2. The molecule has 0 aromatic rings. The van der Waals surface area contributed by atoms with Crippen molar-refractivity contribution in [2.75, 3.05) is 20.0 Å². The van der Waals surface area contributed by atoms with Gasteiger partial charge >= 0.3 is 0 Å². The van der Waals surface area contributed by atoms with E-state index in [9.17, 15) is 0 Å². The number of fused-ring (bicyclic) bond motifs is 3. The van der Waals surface area contributed by atoms with Crippen molar-refractivity contribution >= 4 is 11.7 Å². The Morgan fingerprint density at radius 3 is 1.78 bits per heavy atom. The van der Waals surface area contributed by atoms with Gasteiger partial charge in [0.1, 0.15) is 13.3 Å². The molecular weight excluding hydrogens is 116 g/mol. The lowest BCUT2D eigenvalue weighted by molar-refractivity contribution is 0.283. The molecule has 3 aliphatic heterocycles. The van der Waals surface area contributed by atoms with Crippen molar-refractivity contribution in [3.63, 3.8) is 0 Å². The van der Waals surface area contributed by atoms with E-state index in [0.717, 1.165) is 31.7 Å². The lowest BCUT2D eigenvalue weighted by atomic mass is 10.4. The number of hydrogen-bond donors (Lipinski definition) is 0. The van der Waals surface area contributed by atoms with Crippen molar-refractivity contribution < 1.29 is 0 Å². The molecule has 0 atom stereocenters. The highest BCUT2D eigenvalue weighted by atomic mass is 15.6. The molecule has 0 unspecified atom stereocenters. The van der Waals surface area contributed by atoms with Crippen LogP contribution in [0.15, 0.2) is 9.98 Å². The quantitative estimate of drug-likeness (QED) is 0.425. The maximum Gasteiger partial charge on any atom is 0.171 e. The largest absolute Gasteiger partial charge is 0.316 e. The molecule has 0 amide bonds. The van der Waals surface area contributed by atoms with E-state index in [0.29, 0.717) is 0 Å². The number of amidine groups is 2. The third kappa shape index (κ3) is 0.272. The summed E-state index contributed by atoms with van der Waals surface area (Å²) >= 11 is 0. The zero-order chi connectivity index (χ0) is 5.84. The summed E-state index contributed by atoms with van der Waals surface area (Å²) in [6.45, 7) is 2.79. The normalized spacial score (nSPS) is 27.6. The monoisotopic (exact) mass is 122 g/mol. The maximum absolute atomic E-state index is 4.18. The first-order chi connectivity index (χ1) is 4.45. The topological polar surface area (TPSA) is 31.2 Å². The molecule has 0 radical (unpaired) electrons. The van der Waals surface area contributed by atoms with Crippen LogP contribution >= 0.6 is 0 Å². The van der Waals surface area contributed by atoms with Crippen LogP contribution in [0, 0.1) is 0 Å². The van der Waals surface area contributed by atoms with E-state index in [1.807, 2.05) is 0 Å². The van der Waals surface area contributed by atoms with Gasteiger partial charge < -0.3 is 9.80 Å².